The summed E-state index contributed by atoms with van der Waals surface area (Å²) < 4.78 is 5.93. The maximum absolute atomic E-state index is 12.8. The molecule has 1 N–H and O–H groups in total. The van der Waals surface area contributed by atoms with Crippen molar-refractivity contribution < 1.29 is 9.53 Å². The number of carbonyl (C=O) groups excluding carboxylic acids is 1. The summed E-state index contributed by atoms with van der Waals surface area (Å²) in [5.41, 5.74) is 0.842. The number of hydrogen-bond acceptors (Lipinski definition) is 6. The third-order valence-corrected chi connectivity index (χ3v) is 5.78. The van der Waals surface area contributed by atoms with Crippen molar-refractivity contribution in [2.45, 2.75) is 32.3 Å². The summed E-state index contributed by atoms with van der Waals surface area (Å²) in [7, 11) is 0. The Kier molecular flexibility index (Phi) is 5.50. The molecule has 1 aliphatic heterocycles. The van der Waals surface area contributed by atoms with E-state index in [0.29, 0.717) is 19.7 Å². The largest absolute Gasteiger partial charge is 0.368 e. The van der Waals surface area contributed by atoms with Crippen LogP contribution in [0.2, 0.25) is 0 Å². The minimum atomic E-state index is -0.193. The van der Waals surface area contributed by atoms with E-state index in [0.717, 1.165) is 40.8 Å². The van der Waals surface area contributed by atoms with Crippen molar-refractivity contribution in [2.75, 3.05) is 25.0 Å². The van der Waals surface area contributed by atoms with E-state index in [-0.39, 0.29) is 17.9 Å². The van der Waals surface area contributed by atoms with Gasteiger partial charge in [-0.1, -0.05) is 18.2 Å². The van der Waals surface area contributed by atoms with Gasteiger partial charge in [0.1, 0.15) is 11.9 Å². The molecule has 2 aliphatic rings. The summed E-state index contributed by atoms with van der Waals surface area (Å²) in [6.45, 7) is 3.79. The van der Waals surface area contributed by atoms with Gasteiger partial charge in [0, 0.05) is 23.5 Å². The molecule has 7 heteroatoms. The van der Waals surface area contributed by atoms with Gasteiger partial charge in [-0.15, -0.1) is 11.3 Å². The highest BCUT2D eigenvalue weighted by Gasteiger charge is 2.30. The van der Waals surface area contributed by atoms with Crippen LogP contribution in [0.5, 0.6) is 0 Å². The van der Waals surface area contributed by atoms with Crippen molar-refractivity contribution in [3.63, 3.8) is 0 Å². The monoisotopic (exact) mass is 384 g/mol. The first-order chi connectivity index (χ1) is 13.2. The Hall–Kier alpha value is -2.25. The second-order valence-electron chi connectivity index (χ2n) is 6.97. The Labute approximate surface area is 163 Å². The van der Waals surface area contributed by atoms with Crippen LogP contribution in [0.3, 0.4) is 0 Å². The first-order valence-electron chi connectivity index (χ1n) is 9.41. The van der Waals surface area contributed by atoms with Crippen LogP contribution in [0.25, 0.3) is 0 Å². The average molecular weight is 385 g/mol. The van der Waals surface area contributed by atoms with E-state index in [1.54, 1.807) is 11.3 Å². The zero-order valence-corrected chi connectivity index (χ0v) is 16.2. The number of carbonyl (C=O) groups is 1. The zero-order chi connectivity index (χ0) is 18.6. The number of aryl methyl sites for hydroxylation is 1. The summed E-state index contributed by atoms with van der Waals surface area (Å²) in [5.74, 6) is 1.11. The Morgan fingerprint density at radius 2 is 2.30 bits per heavy atom. The fourth-order valence-electron chi connectivity index (χ4n) is 3.53. The van der Waals surface area contributed by atoms with Gasteiger partial charge >= 0.3 is 0 Å². The van der Waals surface area contributed by atoms with Crippen LogP contribution in [-0.4, -0.2) is 40.5 Å². The minimum absolute atomic E-state index is 0.114. The first-order valence-corrected chi connectivity index (χ1v) is 10.2. The van der Waals surface area contributed by atoms with Gasteiger partial charge < -0.3 is 15.0 Å². The number of hydrogen-bond donors (Lipinski definition) is 1. The number of allylic oxidation sites excluding steroid dienone is 2. The van der Waals surface area contributed by atoms with Crippen molar-refractivity contribution in [1.29, 1.82) is 0 Å². The van der Waals surface area contributed by atoms with Crippen LogP contribution < -0.4 is 5.32 Å². The van der Waals surface area contributed by atoms with Crippen molar-refractivity contribution in [3.05, 3.63) is 47.1 Å². The van der Waals surface area contributed by atoms with Gasteiger partial charge in [0.2, 0.25) is 5.91 Å². The van der Waals surface area contributed by atoms with Crippen LogP contribution in [0.1, 0.15) is 35.9 Å². The van der Waals surface area contributed by atoms with Gasteiger partial charge in [0.05, 0.1) is 18.8 Å². The van der Waals surface area contributed by atoms with Gasteiger partial charge in [-0.25, -0.2) is 9.97 Å². The quantitative estimate of drug-likeness (QED) is 0.811. The lowest BCUT2D eigenvalue weighted by Gasteiger charge is -2.35. The number of aromatic nitrogens is 2. The first kappa shape index (κ1) is 18.1. The number of amides is 1. The third kappa shape index (κ3) is 4.36. The summed E-state index contributed by atoms with van der Waals surface area (Å²) in [5, 5.41) is 4.07. The summed E-state index contributed by atoms with van der Waals surface area (Å²) >= 11 is 1.59. The molecule has 2 aromatic rings. The van der Waals surface area contributed by atoms with Crippen molar-refractivity contribution in [1.82, 2.24) is 14.9 Å². The highest BCUT2D eigenvalue weighted by atomic mass is 32.1. The number of nitrogens with one attached hydrogen (secondary N) is 1. The molecule has 2 atom stereocenters. The number of morpholine rings is 1. The molecular formula is C20H24N4O2S. The molecule has 6 nitrogen and oxygen atoms in total. The molecule has 1 fully saturated rings. The van der Waals surface area contributed by atoms with Crippen LogP contribution >= 0.6 is 11.3 Å². The molecular weight excluding hydrogens is 360 g/mol. The van der Waals surface area contributed by atoms with Gasteiger partial charge in [0.25, 0.3) is 0 Å². The molecule has 2 aromatic heterocycles. The molecule has 0 spiro atoms. The van der Waals surface area contributed by atoms with Crippen LogP contribution in [0, 0.1) is 12.8 Å². The number of ether oxygens (including phenoxy) is 1. The molecule has 2 unspecified atom stereocenters. The SMILES string of the molecule is Cc1cnc(Nc2cccc(C3CN(C(=O)C4CC=CCC4)CCO3)n2)s1. The fraction of sp³-hybridized carbons (Fsp3) is 0.450. The molecule has 0 bridgehead atoms. The molecule has 0 aromatic carbocycles. The lowest BCUT2D eigenvalue weighted by molar-refractivity contribution is -0.143. The van der Waals surface area contributed by atoms with Crippen LogP contribution in [0.15, 0.2) is 36.5 Å². The summed E-state index contributed by atoms with van der Waals surface area (Å²) in [4.78, 5) is 24.9. The molecule has 1 aliphatic carbocycles. The Morgan fingerprint density at radius 3 is 3.07 bits per heavy atom. The second kappa shape index (κ2) is 8.19. The molecule has 1 saturated heterocycles. The third-order valence-electron chi connectivity index (χ3n) is 4.95. The number of thiazole rings is 1. The van der Waals surface area contributed by atoms with Crippen LogP contribution in [-0.2, 0) is 9.53 Å². The highest BCUT2D eigenvalue weighted by molar-refractivity contribution is 7.15. The average Bonchev–Trinajstić information content (AvgIpc) is 3.13. The van der Waals surface area contributed by atoms with Gasteiger partial charge in [-0.05, 0) is 38.3 Å². The van der Waals surface area contributed by atoms with E-state index in [1.165, 1.54) is 0 Å². The van der Waals surface area contributed by atoms with E-state index in [9.17, 15) is 4.79 Å². The summed E-state index contributed by atoms with van der Waals surface area (Å²) in [6.07, 6.45) is 8.73. The smallest absolute Gasteiger partial charge is 0.226 e. The molecule has 0 radical (unpaired) electrons. The van der Waals surface area contributed by atoms with Crippen LogP contribution in [0.4, 0.5) is 10.9 Å². The maximum Gasteiger partial charge on any atom is 0.226 e. The molecule has 27 heavy (non-hydrogen) atoms. The molecule has 4 rings (SSSR count). The van der Waals surface area contributed by atoms with Crippen molar-refractivity contribution in [2.24, 2.45) is 5.92 Å². The van der Waals surface area contributed by atoms with Gasteiger partial charge in [-0.3, -0.25) is 4.79 Å². The molecule has 3 heterocycles. The Morgan fingerprint density at radius 1 is 1.37 bits per heavy atom. The lowest BCUT2D eigenvalue weighted by atomic mass is 9.93. The second-order valence-corrected chi connectivity index (χ2v) is 8.21. The molecule has 1 amide bonds. The van der Waals surface area contributed by atoms with Crippen molar-refractivity contribution in [3.8, 4) is 0 Å². The van der Waals surface area contributed by atoms with E-state index in [1.807, 2.05) is 36.2 Å². The maximum atomic E-state index is 12.8. The van der Waals surface area contributed by atoms with E-state index in [2.05, 4.69) is 27.4 Å². The normalized spacial score (nSPS) is 22.6. The number of anilines is 2. The van der Waals surface area contributed by atoms with Gasteiger partial charge in [0.15, 0.2) is 5.13 Å². The standard InChI is InChI=1S/C20H24N4O2S/c1-14-12-21-20(27-14)23-18-9-5-8-16(22-18)17-13-24(10-11-26-17)19(25)15-6-3-2-4-7-15/h2-3,5,8-9,12,15,17H,4,6-7,10-11,13H2,1H3,(H,21,22,23). The predicted octanol–water partition coefficient (Wildman–Crippen LogP) is 3.85. The van der Waals surface area contributed by atoms with Crippen molar-refractivity contribution >= 4 is 28.2 Å². The lowest BCUT2D eigenvalue weighted by Crippen LogP contribution is -2.45. The van der Waals surface area contributed by atoms with E-state index >= 15 is 0 Å². The predicted molar refractivity (Wildman–Crippen MR) is 106 cm³/mol. The highest BCUT2D eigenvalue weighted by Crippen LogP contribution is 2.27. The van der Waals surface area contributed by atoms with Gasteiger partial charge in [-0.2, -0.15) is 0 Å². The summed E-state index contributed by atoms with van der Waals surface area (Å²) in [6, 6.07) is 5.84. The number of pyridine rings is 1. The van der Waals surface area contributed by atoms with E-state index in [4.69, 9.17) is 4.74 Å². The molecule has 142 valence electrons. The Bertz CT molecular complexity index is 835. The number of rotatable bonds is 4. The van der Waals surface area contributed by atoms with E-state index < -0.39 is 0 Å². The Balaban J connectivity index is 1.44. The topological polar surface area (TPSA) is 67.4 Å². The number of nitrogens with zero attached hydrogens (tertiary/aromatic N) is 3. The molecule has 0 saturated carbocycles. The minimum Gasteiger partial charge on any atom is -0.368 e. The fourth-order valence-corrected chi connectivity index (χ4v) is 4.20. The zero-order valence-electron chi connectivity index (χ0n) is 15.4.